The molecule has 0 aliphatic rings. The van der Waals surface area contributed by atoms with E-state index in [1.54, 1.807) is 6.08 Å². The minimum Gasteiger partial charge on any atom is -0.478 e. The molecule has 3 heteroatoms. The Morgan fingerprint density at radius 2 is 1.78 bits per heavy atom. The monoisotopic (exact) mass is 258 g/mol. The van der Waals surface area contributed by atoms with Crippen molar-refractivity contribution < 1.29 is 9.90 Å². The number of halogens is 1. The van der Waals surface area contributed by atoms with Crippen LogP contribution in [0.25, 0.3) is 17.2 Å². The predicted molar refractivity (Wildman–Crippen MR) is 73.6 cm³/mol. The van der Waals surface area contributed by atoms with Gasteiger partial charge in [-0.3, -0.25) is 0 Å². The highest BCUT2D eigenvalue weighted by Gasteiger charge is 1.98. The van der Waals surface area contributed by atoms with Crippen LogP contribution in [-0.4, -0.2) is 11.1 Å². The van der Waals surface area contributed by atoms with Crippen molar-refractivity contribution >= 4 is 23.6 Å². The molecule has 0 aromatic heterocycles. The lowest BCUT2D eigenvalue weighted by Crippen LogP contribution is -1.86. The zero-order chi connectivity index (χ0) is 13.0. The SMILES string of the molecule is O=C(O)/C=C/c1cccc(-c2ccc(Cl)cc2)c1. The predicted octanol–water partition coefficient (Wildman–Crippen LogP) is 4.10. The van der Waals surface area contributed by atoms with Gasteiger partial charge in [0, 0.05) is 11.1 Å². The highest BCUT2D eigenvalue weighted by molar-refractivity contribution is 6.30. The lowest BCUT2D eigenvalue weighted by atomic mass is 10.0. The minimum atomic E-state index is -0.952. The average molecular weight is 259 g/mol. The van der Waals surface area contributed by atoms with Crippen LogP contribution in [0.15, 0.2) is 54.6 Å². The van der Waals surface area contributed by atoms with Crippen LogP contribution in [-0.2, 0) is 4.79 Å². The van der Waals surface area contributed by atoms with E-state index < -0.39 is 5.97 Å². The summed E-state index contributed by atoms with van der Waals surface area (Å²) in [6.45, 7) is 0. The van der Waals surface area contributed by atoms with Crippen molar-refractivity contribution in [1.29, 1.82) is 0 Å². The molecule has 90 valence electrons. The van der Waals surface area contributed by atoms with E-state index in [2.05, 4.69) is 0 Å². The van der Waals surface area contributed by atoms with Gasteiger partial charge in [-0.2, -0.15) is 0 Å². The largest absolute Gasteiger partial charge is 0.478 e. The molecule has 0 aliphatic heterocycles. The quantitative estimate of drug-likeness (QED) is 0.842. The van der Waals surface area contributed by atoms with Crippen LogP contribution in [0, 0.1) is 0 Å². The minimum absolute atomic E-state index is 0.695. The van der Waals surface area contributed by atoms with Gasteiger partial charge in [0.05, 0.1) is 0 Å². The third kappa shape index (κ3) is 3.22. The molecule has 2 aromatic carbocycles. The molecule has 0 atom stereocenters. The average Bonchev–Trinajstić information content (AvgIpc) is 2.37. The molecule has 2 nitrogen and oxygen atoms in total. The van der Waals surface area contributed by atoms with Crippen molar-refractivity contribution in [2.24, 2.45) is 0 Å². The van der Waals surface area contributed by atoms with Crippen molar-refractivity contribution in [3.05, 3.63) is 65.2 Å². The molecule has 0 amide bonds. The number of rotatable bonds is 3. The molecule has 0 spiro atoms. The Bertz CT molecular complexity index is 586. The Morgan fingerprint density at radius 1 is 1.06 bits per heavy atom. The van der Waals surface area contributed by atoms with E-state index in [0.29, 0.717) is 5.02 Å². The molecule has 0 aliphatic carbocycles. The summed E-state index contributed by atoms with van der Waals surface area (Å²) in [7, 11) is 0. The van der Waals surface area contributed by atoms with Crippen molar-refractivity contribution in [3.63, 3.8) is 0 Å². The van der Waals surface area contributed by atoms with E-state index in [1.165, 1.54) is 0 Å². The molecule has 0 heterocycles. The molecule has 2 rings (SSSR count). The maximum absolute atomic E-state index is 10.5. The zero-order valence-corrected chi connectivity index (χ0v) is 10.3. The van der Waals surface area contributed by atoms with Crippen LogP contribution in [0.1, 0.15) is 5.56 Å². The fourth-order valence-electron chi connectivity index (χ4n) is 1.63. The summed E-state index contributed by atoms with van der Waals surface area (Å²) in [4.78, 5) is 10.5. The molecule has 0 bridgehead atoms. The van der Waals surface area contributed by atoms with E-state index in [1.807, 2.05) is 48.5 Å². The summed E-state index contributed by atoms with van der Waals surface area (Å²) in [5, 5.41) is 9.29. The third-order valence-corrected chi connectivity index (χ3v) is 2.73. The summed E-state index contributed by atoms with van der Waals surface area (Å²) in [5.41, 5.74) is 2.93. The second-order valence-electron chi connectivity index (χ2n) is 3.80. The number of carboxylic acid groups (broad SMARTS) is 1. The first-order valence-corrected chi connectivity index (χ1v) is 5.80. The van der Waals surface area contributed by atoms with Crippen LogP contribution in [0.2, 0.25) is 5.02 Å². The Hall–Kier alpha value is -2.06. The Balaban J connectivity index is 2.32. The summed E-state index contributed by atoms with van der Waals surface area (Å²) in [6.07, 6.45) is 2.70. The van der Waals surface area contributed by atoms with Gasteiger partial charge >= 0.3 is 5.97 Å². The molecule has 0 unspecified atom stereocenters. The van der Waals surface area contributed by atoms with E-state index in [0.717, 1.165) is 22.8 Å². The summed E-state index contributed by atoms with van der Waals surface area (Å²) >= 11 is 5.84. The van der Waals surface area contributed by atoms with Crippen molar-refractivity contribution in [2.75, 3.05) is 0 Å². The molecule has 1 N–H and O–H groups in total. The van der Waals surface area contributed by atoms with Crippen LogP contribution >= 0.6 is 11.6 Å². The molecule has 0 saturated heterocycles. The van der Waals surface area contributed by atoms with Gasteiger partial charge in [0.25, 0.3) is 0 Å². The highest BCUT2D eigenvalue weighted by atomic mass is 35.5. The highest BCUT2D eigenvalue weighted by Crippen LogP contribution is 2.22. The number of carbonyl (C=O) groups is 1. The number of hydrogen-bond acceptors (Lipinski definition) is 1. The maximum Gasteiger partial charge on any atom is 0.328 e. The van der Waals surface area contributed by atoms with Crippen molar-refractivity contribution in [1.82, 2.24) is 0 Å². The van der Waals surface area contributed by atoms with Crippen LogP contribution in [0.5, 0.6) is 0 Å². The Kier molecular flexibility index (Phi) is 3.80. The van der Waals surface area contributed by atoms with Crippen LogP contribution in [0.3, 0.4) is 0 Å². The molecule has 0 radical (unpaired) electrons. The smallest absolute Gasteiger partial charge is 0.328 e. The molecule has 0 saturated carbocycles. The van der Waals surface area contributed by atoms with Crippen molar-refractivity contribution in [3.8, 4) is 11.1 Å². The first-order chi connectivity index (χ1) is 8.65. The van der Waals surface area contributed by atoms with Crippen molar-refractivity contribution in [2.45, 2.75) is 0 Å². The third-order valence-electron chi connectivity index (χ3n) is 2.48. The lowest BCUT2D eigenvalue weighted by molar-refractivity contribution is -0.131. The second-order valence-corrected chi connectivity index (χ2v) is 4.24. The number of aliphatic carboxylic acids is 1. The van der Waals surface area contributed by atoms with E-state index in [4.69, 9.17) is 16.7 Å². The lowest BCUT2D eigenvalue weighted by Gasteiger charge is -2.03. The maximum atomic E-state index is 10.5. The summed E-state index contributed by atoms with van der Waals surface area (Å²) in [6, 6.07) is 15.2. The molecule has 0 fully saturated rings. The first-order valence-electron chi connectivity index (χ1n) is 5.42. The summed E-state index contributed by atoms with van der Waals surface area (Å²) in [5.74, 6) is -0.952. The fourth-order valence-corrected chi connectivity index (χ4v) is 1.76. The molecular weight excluding hydrogens is 248 g/mol. The normalized spacial score (nSPS) is 10.7. The molecular formula is C15H11ClO2. The van der Waals surface area contributed by atoms with Gasteiger partial charge in [-0.05, 0) is 41.0 Å². The van der Waals surface area contributed by atoms with Gasteiger partial charge in [0.2, 0.25) is 0 Å². The van der Waals surface area contributed by atoms with Gasteiger partial charge < -0.3 is 5.11 Å². The molecule has 2 aromatic rings. The summed E-state index contributed by atoms with van der Waals surface area (Å²) < 4.78 is 0. The van der Waals surface area contributed by atoms with E-state index in [9.17, 15) is 4.79 Å². The van der Waals surface area contributed by atoms with E-state index in [-0.39, 0.29) is 0 Å². The topological polar surface area (TPSA) is 37.3 Å². The number of benzene rings is 2. The van der Waals surface area contributed by atoms with Crippen LogP contribution in [0.4, 0.5) is 0 Å². The Morgan fingerprint density at radius 3 is 2.44 bits per heavy atom. The zero-order valence-electron chi connectivity index (χ0n) is 9.51. The van der Waals surface area contributed by atoms with Crippen LogP contribution < -0.4 is 0 Å². The standard InChI is InChI=1S/C15H11ClO2/c16-14-7-5-12(6-8-14)13-3-1-2-11(10-13)4-9-15(17)18/h1-10H,(H,17,18)/b9-4+. The molecule has 18 heavy (non-hydrogen) atoms. The number of carboxylic acids is 1. The fraction of sp³-hybridized carbons (Fsp3) is 0. The van der Waals surface area contributed by atoms with Gasteiger partial charge in [0.15, 0.2) is 0 Å². The second kappa shape index (κ2) is 5.52. The first kappa shape index (κ1) is 12.4. The van der Waals surface area contributed by atoms with Gasteiger partial charge in [-0.1, -0.05) is 41.9 Å². The van der Waals surface area contributed by atoms with Gasteiger partial charge in [-0.25, -0.2) is 4.79 Å². The number of hydrogen-bond donors (Lipinski definition) is 1. The van der Waals surface area contributed by atoms with Gasteiger partial charge in [0.1, 0.15) is 0 Å². The van der Waals surface area contributed by atoms with E-state index >= 15 is 0 Å². The Labute approximate surface area is 110 Å². The van der Waals surface area contributed by atoms with Gasteiger partial charge in [-0.15, -0.1) is 0 Å².